The van der Waals surface area contributed by atoms with Crippen LogP contribution in [0.15, 0.2) is 54.9 Å². The van der Waals surface area contributed by atoms with Gasteiger partial charge < -0.3 is 40.4 Å². The molecule has 2 aromatic carbocycles. The largest absolute Gasteiger partial charge is 0.465 e. The van der Waals surface area contributed by atoms with Crippen LogP contribution in [0.1, 0.15) is 74.5 Å². The molecule has 4 aromatic rings. The highest BCUT2D eigenvalue weighted by Crippen LogP contribution is 2.35. The lowest BCUT2D eigenvalue weighted by Crippen LogP contribution is -2.50. The lowest BCUT2D eigenvalue weighted by molar-refractivity contribution is -0.135. The molecule has 0 bridgehead atoms. The van der Waals surface area contributed by atoms with Crippen molar-refractivity contribution in [2.45, 2.75) is 57.7 Å². The van der Waals surface area contributed by atoms with Crippen LogP contribution in [0.2, 0.25) is 0 Å². The molecule has 3 aliphatic heterocycles. The van der Waals surface area contributed by atoms with E-state index in [2.05, 4.69) is 96.4 Å². The normalized spacial score (nSPS) is 19.4. The molecule has 3 fully saturated rings. The number of H-pyrrole nitrogens is 2. The summed E-state index contributed by atoms with van der Waals surface area (Å²) in [7, 11) is 2.16. The van der Waals surface area contributed by atoms with Crippen molar-refractivity contribution in [3.8, 4) is 46.1 Å². The second-order valence-corrected chi connectivity index (χ2v) is 14.5. The number of carbonyl (C=O) groups is 2. The van der Waals surface area contributed by atoms with Crippen LogP contribution < -0.4 is 15.5 Å². The van der Waals surface area contributed by atoms with Crippen LogP contribution in [0.5, 0.6) is 0 Å². The third kappa shape index (κ3) is 8.25. The zero-order valence-electron chi connectivity index (χ0n) is 30.6. The number of aromatic nitrogens is 4. The molecular formula is C41H47N9O3. The predicted molar refractivity (Wildman–Crippen MR) is 205 cm³/mol. The number of carbonyl (C=O) groups excluding carboxylic acids is 1. The molecule has 3 atom stereocenters. The Morgan fingerprint density at radius 3 is 2.38 bits per heavy atom. The van der Waals surface area contributed by atoms with Gasteiger partial charge in [0.1, 0.15) is 23.4 Å². The minimum absolute atomic E-state index is 0.189. The van der Waals surface area contributed by atoms with Crippen molar-refractivity contribution < 1.29 is 14.7 Å². The van der Waals surface area contributed by atoms with Gasteiger partial charge in [-0.3, -0.25) is 4.79 Å². The number of nitrogens with one attached hydrogen (secondary N) is 4. The van der Waals surface area contributed by atoms with E-state index in [9.17, 15) is 14.7 Å². The number of hydrogen-bond donors (Lipinski definition) is 5. The van der Waals surface area contributed by atoms with Gasteiger partial charge >= 0.3 is 6.09 Å². The van der Waals surface area contributed by atoms with Crippen LogP contribution >= 0.6 is 0 Å². The summed E-state index contributed by atoms with van der Waals surface area (Å²) in [6, 6.07) is 14.0. The van der Waals surface area contributed by atoms with Crippen molar-refractivity contribution in [3.63, 3.8) is 0 Å². The number of imidazole rings is 2. The number of likely N-dealkylation sites (tertiary alicyclic amines) is 1. The van der Waals surface area contributed by atoms with Gasteiger partial charge in [-0.15, -0.1) is 0 Å². The van der Waals surface area contributed by atoms with E-state index in [1.54, 1.807) is 17.3 Å². The molecule has 5 N–H and O–H groups in total. The molecule has 274 valence electrons. The van der Waals surface area contributed by atoms with E-state index in [1.165, 1.54) is 5.69 Å². The second-order valence-electron chi connectivity index (χ2n) is 14.5. The molecule has 53 heavy (non-hydrogen) atoms. The molecule has 0 spiro atoms. The van der Waals surface area contributed by atoms with Crippen molar-refractivity contribution in [1.29, 1.82) is 0 Å². The van der Waals surface area contributed by atoms with E-state index < -0.39 is 12.1 Å². The average molecular weight is 714 g/mol. The number of aromatic amines is 2. The standard InChI is InChI=1S/C41H47N9O3/c1-27(2)37(47-41(52)53)40(51)50-19-7-11-36(50)39-44-26-35(46-39)30-13-12-28(8-4-5-9-31-25-43-38(45-31)34-10-6-18-42-34)33(24-30)29-14-16-32(17-15-29)49-22-20-48(3)21-23-49/h12-17,24-27,34,36-37,42,47H,6-7,10-11,18-23H2,1-3H3,(H,43,45)(H,44,46)(H,52,53)/t34-,36-,37-/m0/s1. The minimum Gasteiger partial charge on any atom is -0.465 e. The number of nitrogens with zero attached hydrogens (tertiary/aromatic N) is 5. The van der Waals surface area contributed by atoms with Gasteiger partial charge in [-0.25, -0.2) is 14.8 Å². The second kappa shape index (κ2) is 16.0. The van der Waals surface area contributed by atoms with E-state index in [4.69, 9.17) is 4.98 Å². The number of piperazine rings is 1. The maximum atomic E-state index is 13.5. The molecule has 12 nitrogen and oxygen atoms in total. The van der Waals surface area contributed by atoms with E-state index in [-0.39, 0.29) is 23.9 Å². The Morgan fingerprint density at radius 2 is 1.64 bits per heavy atom. The third-order valence-corrected chi connectivity index (χ3v) is 10.5. The summed E-state index contributed by atoms with van der Waals surface area (Å²) in [6.45, 7) is 9.32. The molecule has 2 amide bonds. The first-order valence-corrected chi connectivity index (χ1v) is 18.6. The smallest absolute Gasteiger partial charge is 0.405 e. The highest BCUT2D eigenvalue weighted by Gasteiger charge is 2.37. The zero-order valence-corrected chi connectivity index (χ0v) is 30.6. The van der Waals surface area contributed by atoms with Crippen molar-refractivity contribution >= 4 is 17.7 Å². The van der Waals surface area contributed by atoms with Gasteiger partial charge in [0.05, 0.1) is 30.2 Å². The number of anilines is 1. The first kappa shape index (κ1) is 35.8. The highest BCUT2D eigenvalue weighted by molar-refractivity contribution is 5.86. The molecular weight excluding hydrogens is 667 g/mol. The quantitative estimate of drug-likeness (QED) is 0.161. The van der Waals surface area contributed by atoms with Gasteiger partial charge in [-0.05, 0) is 98.3 Å². The van der Waals surface area contributed by atoms with Crippen molar-refractivity contribution in [2.24, 2.45) is 5.92 Å². The molecule has 0 radical (unpaired) electrons. The van der Waals surface area contributed by atoms with Crippen molar-refractivity contribution in [3.05, 3.63) is 77.8 Å². The molecule has 5 heterocycles. The number of hydrogen-bond acceptors (Lipinski definition) is 7. The van der Waals surface area contributed by atoms with E-state index in [0.717, 1.165) is 97.9 Å². The van der Waals surface area contributed by atoms with E-state index >= 15 is 0 Å². The Morgan fingerprint density at radius 1 is 0.887 bits per heavy atom. The molecule has 3 aliphatic rings. The van der Waals surface area contributed by atoms with Crippen LogP contribution in [0.25, 0.3) is 22.4 Å². The predicted octanol–water partition coefficient (Wildman–Crippen LogP) is 5.00. The van der Waals surface area contributed by atoms with Gasteiger partial charge in [0, 0.05) is 49.5 Å². The van der Waals surface area contributed by atoms with Crippen molar-refractivity contribution in [1.82, 2.24) is 40.4 Å². The van der Waals surface area contributed by atoms with Crippen LogP contribution in [0.4, 0.5) is 10.5 Å². The Hall–Kier alpha value is -5.56. The van der Waals surface area contributed by atoms with Crippen LogP contribution in [-0.2, 0) is 4.79 Å². The Balaban J connectivity index is 1.16. The van der Waals surface area contributed by atoms with Gasteiger partial charge in [-0.1, -0.05) is 38.0 Å². The minimum atomic E-state index is -1.21. The van der Waals surface area contributed by atoms with Gasteiger partial charge in [0.25, 0.3) is 0 Å². The number of likely N-dealkylation sites (N-methyl/N-ethyl adjacent to an activating group) is 1. The van der Waals surface area contributed by atoms with Crippen LogP contribution in [0, 0.1) is 29.6 Å². The molecule has 12 heteroatoms. The zero-order chi connectivity index (χ0) is 36.9. The third-order valence-electron chi connectivity index (χ3n) is 10.5. The summed E-state index contributed by atoms with van der Waals surface area (Å²) >= 11 is 0. The molecule has 0 unspecified atom stereocenters. The van der Waals surface area contributed by atoms with E-state index in [1.807, 2.05) is 26.0 Å². The van der Waals surface area contributed by atoms with Crippen molar-refractivity contribution in [2.75, 3.05) is 51.2 Å². The average Bonchev–Trinajstić information content (AvgIpc) is 4.00. The molecule has 3 saturated heterocycles. The molecule has 7 rings (SSSR count). The number of benzene rings is 2. The van der Waals surface area contributed by atoms with Gasteiger partial charge in [0.2, 0.25) is 5.91 Å². The van der Waals surface area contributed by atoms with Gasteiger partial charge in [-0.2, -0.15) is 0 Å². The monoisotopic (exact) mass is 713 g/mol. The molecule has 0 saturated carbocycles. The summed E-state index contributed by atoms with van der Waals surface area (Å²) in [5.74, 6) is 13.7. The summed E-state index contributed by atoms with van der Waals surface area (Å²) in [4.78, 5) is 47.6. The van der Waals surface area contributed by atoms with Crippen LogP contribution in [0.3, 0.4) is 0 Å². The molecule has 0 aliphatic carbocycles. The van der Waals surface area contributed by atoms with Gasteiger partial charge in [0.15, 0.2) is 0 Å². The Bertz CT molecular complexity index is 2050. The number of amides is 2. The lowest BCUT2D eigenvalue weighted by atomic mass is 9.96. The lowest BCUT2D eigenvalue weighted by Gasteiger charge is -2.34. The summed E-state index contributed by atoms with van der Waals surface area (Å²) < 4.78 is 0. The highest BCUT2D eigenvalue weighted by atomic mass is 16.4. The molecule has 2 aromatic heterocycles. The maximum Gasteiger partial charge on any atom is 0.405 e. The SMILES string of the molecule is CC(C)[C@H](NC(=O)O)C(=O)N1CCC[C@H]1c1ncc(-c2ccc(C#CC#Cc3cnc([C@@H]4CCCN4)[nH]3)c(-c3ccc(N4CCN(C)CC4)cc3)c2)[nH]1. The summed E-state index contributed by atoms with van der Waals surface area (Å²) in [5, 5.41) is 15.2. The summed E-state index contributed by atoms with van der Waals surface area (Å²) in [6.07, 6.45) is 6.13. The first-order chi connectivity index (χ1) is 25.7. The number of carboxylic acid groups (broad SMARTS) is 1. The fraction of sp³-hybridized carbons (Fsp3) is 0.415. The topological polar surface area (TPSA) is 146 Å². The maximum absolute atomic E-state index is 13.5. The number of rotatable bonds is 8. The van der Waals surface area contributed by atoms with Crippen LogP contribution in [-0.4, -0.2) is 99.2 Å². The summed E-state index contributed by atoms with van der Waals surface area (Å²) in [5.41, 5.74) is 6.59. The Kier molecular flexibility index (Phi) is 10.8. The fourth-order valence-corrected chi connectivity index (χ4v) is 7.46. The first-order valence-electron chi connectivity index (χ1n) is 18.6. The fourth-order valence-electron chi connectivity index (χ4n) is 7.46. The van der Waals surface area contributed by atoms with E-state index in [0.29, 0.717) is 12.4 Å². The Labute approximate surface area is 310 Å².